The van der Waals surface area contributed by atoms with Gasteiger partial charge in [0.1, 0.15) is 0 Å². The number of carbonyl (C=O) groups is 2. The van der Waals surface area contributed by atoms with Gasteiger partial charge in [-0.2, -0.15) is 0 Å². The van der Waals surface area contributed by atoms with Gasteiger partial charge in [-0.1, -0.05) is 0 Å². The maximum atomic E-state index is 12.5. The molecule has 0 spiro atoms. The molecule has 68 valence electrons. The normalized spacial score (nSPS) is 30.9. The van der Waals surface area contributed by atoms with Crippen LogP contribution in [0.5, 0.6) is 0 Å². The number of methoxy groups -OCH3 is 1. The number of ether oxygens (including phenoxy) is 1. The van der Waals surface area contributed by atoms with E-state index >= 15 is 0 Å². The summed E-state index contributed by atoms with van der Waals surface area (Å²) in [4.78, 5) is 21.0. The molecule has 0 bridgehead atoms. The molecule has 1 atom stereocenters. The summed E-state index contributed by atoms with van der Waals surface area (Å²) in [6, 6.07) is 0. The molecule has 1 aliphatic carbocycles. The lowest BCUT2D eigenvalue weighted by atomic mass is 10.1. The van der Waals surface area contributed by atoms with Crippen LogP contribution < -0.4 is 0 Å². The Morgan fingerprint density at radius 1 is 1.50 bits per heavy atom. The summed E-state index contributed by atoms with van der Waals surface area (Å²) in [6.07, 6.45) is -0.970. The number of halogens is 2. The first-order valence-corrected chi connectivity index (χ1v) is 3.08. The van der Waals surface area contributed by atoms with Gasteiger partial charge in [0.05, 0.1) is 7.11 Å². The second-order valence-corrected chi connectivity index (χ2v) is 2.58. The van der Waals surface area contributed by atoms with Crippen LogP contribution in [0.3, 0.4) is 0 Å². The predicted molar refractivity (Wildman–Crippen MR) is 31.6 cm³/mol. The molecule has 0 radical (unpaired) electrons. The first-order chi connectivity index (χ1) is 5.38. The van der Waals surface area contributed by atoms with E-state index in [1.54, 1.807) is 0 Å². The number of aliphatic carboxylic acids is 1. The number of carboxylic acid groups (broad SMARTS) is 1. The summed E-state index contributed by atoms with van der Waals surface area (Å²) in [6.45, 7) is 0. The number of hydrogen-bond donors (Lipinski definition) is 1. The highest BCUT2D eigenvalue weighted by Crippen LogP contribution is 2.61. The summed E-state index contributed by atoms with van der Waals surface area (Å²) >= 11 is 0. The van der Waals surface area contributed by atoms with Gasteiger partial charge >= 0.3 is 11.9 Å². The molecule has 1 unspecified atom stereocenters. The Kier molecular flexibility index (Phi) is 1.59. The molecule has 0 saturated heterocycles. The van der Waals surface area contributed by atoms with E-state index in [2.05, 4.69) is 4.74 Å². The van der Waals surface area contributed by atoms with E-state index in [9.17, 15) is 18.4 Å². The predicted octanol–water partition coefficient (Wildman–Crippen LogP) is 0.269. The number of carbonyl (C=O) groups excluding carboxylic acids is 1. The smallest absolute Gasteiger partial charge is 0.329 e. The Morgan fingerprint density at radius 3 is 2.00 bits per heavy atom. The molecule has 0 aromatic rings. The van der Waals surface area contributed by atoms with Crippen molar-refractivity contribution in [1.29, 1.82) is 0 Å². The molecule has 4 nitrogen and oxygen atoms in total. The summed E-state index contributed by atoms with van der Waals surface area (Å²) in [7, 11) is 0.876. The van der Waals surface area contributed by atoms with Crippen molar-refractivity contribution in [3.8, 4) is 0 Å². The summed E-state index contributed by atoms with van der Waals surface area (Å²) in [5.74, 6) is -6.69. The van der Waals surface area contributed by atoms with Gasteiger partial charge in [-0.05, 0) is 0 Å². The fourth-order valence-electron chi connectivity index (χ4n) is 1.00. The number of rotatable bonds is 2. The average Bonchev–Trinajstić information content (AvgIpc) is 2.54. The number of carboxylic acids is 1. The average molecular weight is 180 g/mol. The van der Waals surface area contributed by atoms with Crippen LogP contribution in [-0.2, 0) is 14.3 Å². The largest absolute Gasteiger partial charge is 0.480 e. The molecule has 12 heavy (non-hydrogen) atoms. The van der Waals surface area contributed by atoms with Gasteiger partial charge in [-0.3, -0.25) is 9.59 Å². The first-order valence-electron chi connectivity index (χ1n) is 3.08. The van der Waals surface area contributed by atoms with Crippen LogP contribution >= 0.6 is 0 Å². The minimum absolute atomic E-state index is 0.876. The van der Waals surface area contributed by atoms with Gasteiger partial charge in [0.2, 0.25) is 5.41 Å². The second-order valence-electron chi connectivity index (χ2n) is 2.58. The van der Waals surface area contributed by atoms with Crippen LogP contribution in [0.15, 0.2) is 0 Å². The van der Waals surface area contributed by atoms with E-state index < -0.39 is 29.7 Å². The van der Waals surface area contributed by atoms with E-state index in [1.807, 2.05) is 0 Å². The lowest BCUT2D eigenvalue weighted by molar-refractivity contribution is -0.164. The molecule has 0 aliphatic heterocycles. The highest BCUT2D eigenvalue weighted by molar-refractivity contribution is 6.04. The number of alkyl halides is 2. The third-order valence-corrected chi connectivity index (χ3v) is 1.89. The van der Waals surface area contributed by atoms with Crippen molar-refractivity contribution >= 4 is 11.9 Å². The number of hydrogen-bond acceptors (Lipinski definition) is 3. The van der Waals surface area contributed by atoms with Gasteiger partial charge < -0.3 is 9.84 Å². The maximum Gasteiger partial charge on any atom is 0.329 e. The third kappa shape index (κ3) is 0.804. The molecule has 1 fully saturated rings. The molecule has 1 rings (SSSR count). The van der Waals surface area contributed by atoms with Gasteiger partial charge in [-0.25, -0.2) is 8.78 Å². The van der Waals surface area contributed by atoms with Crippen molar-refractivity contribution in [2.75, 3.05) is 7.11 Å². The van der Waals surface area contributed by atoms with Gasteiger partial charge in [0.25, 0.3) is 5.92 Å². The minimum atomic E-state index is -3.47. The van der Waals surface area contributed by atoms with Gasteiger partial charge in [-0.15, -0.1) is 0 Å². The minimum Gasteiger partial charge on any atom is -0.480 e. The van der Waals surface area contributed by atoms with E-state index in [0.29, 0.717) is 0 Å². The Labute approximate surface area is 66.1 Å². The summed E-state index contributed by atoms with van der Waals surface area (Å²) in [5, 5.41) is 8.36. The molecular formula is C6H6F2O4. The zero-order chi connectivity index (χ0) is 9.57. The van der Waals surface area contributed by atoms with Crippen molar-refractivity contribution in [1.82, 2.24) is 0 Å². The fraction of sp³-hybridized carbons (Fsp3) is 0.667. The van der Waals surface area contributed by atoms with Crippen LogP contribution in [0.1, 0.15) is 6.42 Å². The first kappa shape index (κ1) is 8.89. The summed E-state index contributed by atoms with van der Waals surface area (Å²) in [5.41, 5.74) is -2.62. The Morgan fingerprint density at radius 2 is 1.92 bits per heavy atom. The SMILES string of the molecule is COC(=O)C1(C(=O)O)CC1(F)F. The molecule has 0 aromatic heterocycles. The molecule has 0 heterocycles. The molecule has 1 aliphatic rings. The van der Waals surface area contributed by atoms with Crippen molar-refractivity contribution in [2.24, 2.45) is 5.41 Å². The van der Waals surface area contributed by atoms with E-state index in [-0.39, 0.29) is 0 Å². The van der Waals surface area contributed by atoms with Crippen molar-refractivity contribution in [2.45, 2.75) is 12.3 Å². The van der Waals surface area contributed by atoms with E-state index in [4.69, 9.17) is 5.11 Å². The summed E-state index contributed by atoms with van der Waals surface area (Å²) < 4.78 is 28.9. The Hall–Kier alpha value is -1.20. The quantitative estimate of drug-likeness (QED) is 0.489. The van der Waals surface area contributed by atoms with Crippen LogP contribution in [-0.4, -0.2) is 30.1 Å². The van der Waals surface area contributed by atoms with Gasteiger partial charge in [0, 0.05) is 6.42 Å². The second kappa shape index (κ2) is 2.15. The monoisotopic (exact) mass is 180 g/mol. The number of esters is 1. The molecule has 6 heteroatoms. The van der Waals surface area contributed by atoms with Crippen LogP contribution in [0.4, 0.5) is 8.78 Å². The lowest BCUT2D eigenvalue weighted by Crippen LogP contribution is -2.32. The topological polar surface area (TPSA) is 63.6 Å². The zero-order valence-corrected chi connectivity index (χ0v) is 6.13. The molecule has 1 N–H and O–H groups in total. The van der Waals surface area contributed by atoms with E-state index in [0.717, 1.165) is 7.11 Å². The highest BCUT2D eigenvalue weighted by Gasteiger charge is 2.82. The van der Waals surface area contributed by atoms with Crippen molar-refractivity contribution in [3.63, 3.8) is 0 Å². The van der Waals surface area contributed by atoms with Crippen LogP contribution in [0.25, 0.3) is 0 Å². The van der Waals surface area contributed by atoms with E-state index in [1.165, 1.54) is 0 Å². The maximum absolute atomic E-state index is 12.5. The molecule has 1 saturated carbocycles. The van der Waals surface area contributed by atoms with Gasteiger partial charge in [0.15, 0.2) is 0 Å². The van der Waals surface area contributed by atoms with Crippen molar-refractivity contribution in [3.05, 3.63) is 0 Å². The van der Waals surface area contributed by atoms with Crippen LogP contribution in [0, 0.1) is 5.41 Å². The zero-order valence-electron chi connectivity index (χ0n) is 6.13. The van der Waals surface area contributed by atoms with Crippen LogP contribution in [0.2, 0.25) is 0 Å². The Bertz CT molecular complexity index is 250. The lowest BCUT2D eigenvalue weighted by Gasteiger charge is -2.07. The third-order valence-electron chi connectivity index (χ3n) is 1.89. The molecule has 0 aromatic carbocycles. The highest BCUT2D eigenvalue weighted by atomic mass is 19.3. The fourth-order valence-corrected chi connectivity index (χ4v) is 1.00. The standard InChI is InChI=1S/C6H6F2O4/c1-12-4(11)5(3(9)10)2-6(5,7)8/h2H2,1H3,(H,9,10). The molecular weight excluding hydrogens is 174 g/mol. The van der Waals surface area contributed by atoms with Crippen molar-refractivity contribution < 1.29 is 28.2 Å². The Balaban J connectivity index is 2.94. The molecule has 0 amide bonds.